The van der Waals surface area contributed by atoms with Gasteiger partial charge in [-0.3, -0.25) is 0 Å². The highest BCUT2D eigenvalue weighted by Crippen LogP contribution is 2.03. The van der Waals surface area contributed by atoms with E-state index in [0.717, 1.165) is 12.8 Å². The fourth-order valence-electron chi connectivity index (χ4n) is 0.911. The lowest BCUT2D eigenvalue weighted by molar-refractivity contribution is 0.170. The van der Waals surface area contributed by atoms with Crippen LogP contribution in [-0.4, -0.2) is 23.1 Å². The first-order valence-corrected chi connectivity index (χ1v) is 3.88. The van der Waals surface area contributed by atoms with Crippen molar-refractivity contribution in [2.75, 3.05) is 0 Å². The van der Waals surface area contributed by atoms with Gasteiger partial charge >= 0.3 is 0 Å². The molecule has 3 nitrogen and oxygen atoms in total. The molecule has 0 amide bonds. The van der Waals surface area contributed by atoms with Crippen LogP contribution in [0.4, 0.5) is 0 Å². The van der Waals surface area contributed by atoms with Gasteiger partial charge < -0.3 is 15.9 Å². The van der Waals surface area contributed by atoms with Gasteiger partial charge in [0.2, 0.25) is 0 Å². The molecule has 0 rings (SSSR count). The molecule has 11 heavy (non-hydrogen) atoms. The van der Waals surface area contributed by atoms with E-state index in [2.05, 4.69) is 0 Å². The largest absolute Gasteiger partial charge is 0.393 e. The predicted molar refractivity (Wildman–Crippen MR) is 46.7 cm³/mol. The Morgan fingerprint density at radius 3 is 2.73 bits per heavy atom. The van der Waals surface area contributed by atoms with Crippen LogP contribution in [0.2, 0.25) is 0 Å². The molecule has 0 heterocycles. The minimum Gasteiger partial charge on any atom is -0.393 e. The van der Waals surface area contributed by atoms with Crippen molar-refractivity contribution in [1.82, 2.24) is 0 Å². The first-order valence-electron chi connectivity index (χ1n) is 3.88. The van der Waals surface area contributed by atoms with Crippen LogP contribution in [0.15, 0.2) is 0 Å². The standard InChI is InChI=1S/C8H16N2O/c1-7(10)6-8(11)4-2-3-5-9/h5,8-11H,2-4,6H2,1H3. The molecule has 0 aromatic rings. The topological polar surface area (TPSA) is 67.9 Å². The molecule has 0 radical (unpaired) electrons. The van der Waals surface area contributed by atoms with Gasteiger partial charge in [0.1, 0.15) is 0 Å². The summed E-state index contributed by atoms with van der Waals surface area (Å²) >= 11 is 0. The summed E-state index contributed by atoms with van der Waals surface area (Å²) in [5.74, 6) is 0. The van der Waals surface area contributed by atoms with E-state index in [1.54, 1.807) is 6.92 Å². The summed E-state index contributed by atoms with van der Waals surface area (Å²) in [5, 5.41) is 23.1. The highest BCUT2D eigenvalue weighted by atomic mass is 16.3. The lowest BCUT2D eigenvalue weighted by Crippen LogP contribution is -2.10. The molecule has 3 N–H and O–H groups in total. The molecule has 0 bridgehead atoms. The smallest absolute Gasteiger partial charge is 0.0592 e. The number of aliphatic hydroxyl groups is 1. The third-order valence-corrected chi connectivity index (χ3v) is 1.43. The van der Waals surface area contributed by atoms with Gasteiger partial charge in [0.25, 0.3) is 0 Å². The number of hydrogen-bond donors (Lipinski definition) is 3. The van der Waals surface area contributed by atoms with Crippen molar-refractivity contribution >= 4 is 11.9 Å². The summed E-state index contributed by atoms with van der Waals surface area (Å²) in [5.41, 5.74) is 0.521. The lowest BCUT2D eigenvalue weighted by Gasteiger charge is -2.07. The fourth-order valence-corrected chi connectivity index (χ4v) is 0.911. The second-order valence-corrected chi connectivity index (χ2v) is 2.77. The number of rotatable bonds is 6. The highest BCUT2D eigenvalue weighted by Gasteiger charge is 2.03. The minimum atomic E-state index is -0.382. The van der Waals surface area contributed by atoms with Gasteiger partial charge in [0.05, 0.1) is 6.10 Å². The molecule has 0 aliphatic heterocycles. The van der Waals surface area contributed by atoms with Crippen molar-refractivity contribution in [3.05, 3.63) is 0 Å². The SMILES string of the molecule is CC(=N)CC(O)CCCC=N. The Bertz CT molecular complexity index is 134. The van der Waals surface area contributed by atoms with Gasteiger partial charge in [0.15, 0.2) is 0 Å². The molecule has 0 aromatic heterocycles. The van der Waals surface area contributed by atoms with E-state index >= 15 is 0 Å². The van der Waals surface area contributed by atoms with Gasteiger partial charge in [-0.05, 0) is 32.4 Å². The Labute approximate surface area is 67.5 Å². The van der Waals surface area contributed by atoms with Crippen LogP contribution >= 0.6 is 0 Å². The van der Waals surface area contributed by atoms with E-state index in [0.29, 0.717) is 18.6 Å². The molecule has 0 spiro atoms. The summed E-state index contributed by atoms with van der Waals surface area (Å²) in [6.07, 6.45) is 3.71. The molecule has 1 atom stereocenters. The quantitative estimate of drug-likeness (QED) is 0.397. The Morgan fingerprint density at radius 2 is 2.27 bits per heavy atom. The van der Waals surface area contributed by atoms with Crippen molar-refractivity contribution in [1.29, 1.82) is 10.8 Å². The molecule has 0 saturated carbocycles. The van der Waals surface area contributed by atoms with E-state index in [1.165, 1.54) is 6.21 Å². The second kappa shape index (κ2) is 6.04. The van der Waals surface area contributed by atoms with Gasteiger partial charge in [-0.25, -0.2) is 0 Å². The maximum atomic E-state index is 9.23. The Kier molecular flexibility index (Phi) is 5.65. The van der Waals surface area contributed by atoms with Crippen LogP contribution in [0.3, 0.4) is 0 Å². The lowest BCUT2D eigenvalue weighted by atomic mass is 10.1. The average molecular weight is 156 g/mol. The maximum Gasteiger partial charge on any atom is 0.0592 e. The second-order valence-electron chi connectivity index (χ2n) is 2.77. The van der Waals surface area contributed by atoms with Crippen molar-refractivity contribution < 1.29 is 5.11 Å². The molecular weight excluding hydrogens is 140 g/mol. The van der Waals surface area contributed by atoms with Gasteiger partial charge in [-0.2, -0.15) is 0 Å². The summed E-state index contributed by atoms with van der Waals surface area (Å²) in [6, 6.07) is 0. The molecule has 3 heteroatoms. The van der Waals surface area contributed by atoms with Crippen molar-refractivity contribution in [3.63, 3.8) is 0 Å². The summed E-state index contributed by atoms with van der Waals surface area (Å²) in [6.45, 7) is 1.69. The van der Waals surface area contributed by atoms with Crippen molar-refractivity contribution in [3.8, 4) is 0 Å². The normalized spacial score (nSPS) is 12.5. The molecule has 0 aliphatic rings. The summed E-state index contributed by atoms with van der Waals surface area (Å²) in [4.78, 5) is 0. The van der Waals surface area contributed by atoms with Crippen molar-refractivity contribution in [2.45, 2.75) is 38.7 Å². The third kappa shape index (κ3) is 7.19. The first-order chi connectivity index (χ1) is 5.16. The fraction of sp³-hybridized carbons (Fsp3) is 0.750. The number of hydrogen-bond acceptors (Lipinski definition) is 3. The molecule has 64 valence electrons. The van der Waals surface area contributed by atoms with E-state index in [9.17, 15) is 5.11 Å². The van der Waals surface area contributed by atoms with E-state index in [4.69, 9.17) is 10.8 Å². The Balaban J connectivity index is 3.28. The van der Waals surface area contributed by atoms with Gasteiger partial charge in [-0.1, -0.05) is 0 Å². The van der Waals surface area contributed by atoms with Crippen molar-refractivity contribution in [2.24, 2.45) is 0 Å². The Morgan fingerprint density at radius 1 is 1.64 bits per heavy atom. The average Bonchev–Trinajstić information content (AvgIpc) is 1.86. The molecule has 0 aromatic carbocycles. The van der Waals surface area contributed by atoms with E-state index < -0.39 is 0 Å². The van der Waals surface area contributed by atoms with Crippen LogP contribution in [0.25, 0.3) is 0 Å². The molecule has 0 aliphatic carbocycles. The number of nitrogens with one attached hydrogen (secondary N) is 2. The van der Waals surface area contributed by atoms with Crippen LogP contribution in [0.1, 0.15) is 32.6 Å². The monoisotopic (exact) mass is 156 g/mol. The molecule has 0 saturated heterocycles. The van der Waals surface area contributed by atoms with Crippen LogP contribution in [-0.2, 0) is 0 Å². The number of aliphatic hydroxyl groups excluding tert-OH is 1. The zero-order valence-corrected chi connectivity index (χ0v) is 6.93. The molecule has 1 unspecified atom stereocenters. The van der Waals surface area contributed by atoms with Gasteiger partial charge in [0, 0.05) is 12.1 Å². The third-order valence-electron chi connectivity index (χ3n) is 1.43. The molecular formula is C8H16N2O. The molecule has 0 fully saturated rings. The van der Waals surface area contributed by atoms with Crippen LogP contribution in [0.5, 0.6) is 0 Å². The van der Waals surface area contributed by atoms with Crippen LogP contribution in [0, 0.1) is 10.8 Å². The summed E-state index contributed by atoms with van der Waals surface area (Å²) < 4.78 is 0. The van der Waals surface area contributed by atoms with Crippen LogP contribution < -0.4 is 0 Å². The number of unbranched alkanes of at least 4 members (excludes halogenated alkanes) is 1. The zero-order chi connectivity index (χ0) is 8.69. The minimum absolute atomic E-state index is 0.382. The Hall–Kier alpha value is -0.700. The van der Waals surface area contributed by atoms with Gasteiger partial charge in [-0.15, -0.1) is 0 Å². The first kappa shape index (κ1) is 10.3. The summed E-state index contributed by atoms with van der Waals surface area (Å²) in [7, 11) is 0. The maximum absolute atomic E-state index is 9.23. The predicted octanol–water partition coefficient (Wildman–Crippen LogP) is 1.60. The van der Waals surface area contributed by atoms with E-state index in [1.807, 2.05) is 0 Å². The zero-order valence-electron chi connectivity index (χ0n) is 6.93. The highest BCUT2D eigenvalue weighted by molar-refractivity contribution is 5.78. The van der Waals surface area contributed by atoms with E-state index in [-0.39, 0.29) is 6.10 Å².